The molecule has 0 bridgehead atoms. The Balaban J connectivity index is 1.95. The number of nitrogens with zero attached hydrogens (tertiary/aromatic N) is 1. The normalized spacial score (nSPS) is 10.3. The van der Waals surface area contributed by atoms with Gasteiger partial charge in [0.1, 0.15) is 0 Å². The molecule has 3 nitrogen and oxygen atoms in total. The van der Waals surface area contributed by atoms with Crippen LogP contribution in [-0.2, 0) is 11.2 Å². The predicted octanol–water partition coefficient (Wildman–Crippen LogP) is 3.78. The molecule has 1 aromatic carbocycles. The Morgan fingerprint density at radius 3 is 2.40 bits per heavy atom. The average Bonchev–Trinajstić information content (AvgIpc) is 2.94. The molecule has 0 aliphatic rings. The fourth-order valence-electron chi connectivity index (χ4n) is 2.12. The highest BCUT2D eigenvalue weighted by atomic mass is 32.1. The van der Waals surface area contributed by atoms with Gasteiger partial charge in [0.25, 0.3) is 0 Å². The van der Waals surface area contributed by atoms with Crippen LogP contribution in [0, 0.1) is 0 Å². The molecular formula is C16H20N2OS. The SMILES string of the molecule is CCN(CC)c1ccc(NC(=O)Cc2cccs2)cc1. The Labute approximate surface area is 124 Å². The van der Waals surface area contributed by atoms with E-state index in [0.717, 1.165) is 23.7 Å². The van der Waals surface area contributed by atoms with Gasteiger partial charge in [0.05, 0.1) is 6.42 Å². The number of amides is 1. The summed E-state index contributed by atoms with van der Waals surface area (Å²) in [6, 6.07) is 12.0. The first kappa shape index (κ1) is 14.6. The van der Waals surface area contributed by atoms with Gasteiger partial charge in [-0.1, -0.05) is 6.07 Å². The van der Waals surface area contributed by atoms with Crippen molar-refractivity contribution < 1.29 is 4.79 Å². The number of rotatable bonds is 6. The third-order valence-corrected chi connectivity index (χ3v) is 4.07. The molecule has 0 atom stereocenters. The molecule has 2 rings (SSSR count). The largest absolute Gasteiger partial charge is 0.372 e. The van der Waals surface area contributed by atoms with Crippen molar-refractivity contribution in [1.82, 2.24) is 0 Å². The molecule has 0 aliphatic heterocycles. The van der Waals surface area contributed by atoms with E-state index in [1.807, 2.05) is 41.8 Å². The van der Waals surface area contributed by atoms with Crippen LogP contribution in [0.1, 0.15) is 18.7 Å². The van der Waals surface area contributed by atoms with E-state index in [1.54, 1.807) is 11.3 Å². The smallest absolute Gasteiger partial charge is 0.229 e. The number of hydrogen-bond acceptors (Lipinski definition) is 3. The van der Waals surface area contributed by atoms with Crippen molar-refractivity contribution in [3.63, 3.8) is 0 Å². The highest BCUT2D eigenvalue weighted by Crippen LogP contribution is 2.18. The summed E-state index contributed by atoms with van der Waals surface area (Å²) in [6.07, 6.45) is 0.440. The van der Waals surface area contributed by atoms with Crippen molar-refractivity contribution >= 4 is 28.6 Å². The van der Waals surface area contributed by atoms with Crippen LogP contribution >= 0.6 is 11.3 Å². The number of benzene rings is 1. The molecule has 1 N–H and O–H groups in total. The fourth-order valence-corrected chi connectivity index (χ4v) is 2.82. The van der Waals surface area contributed by atoms with E-state index in [9.17, 15) is 4.79 Å². The zero-order valence-electron chi connectivity index (χ0n) is 11.9. The molecule has 0 saturated carbocycles. The molecule has 4 heteroatoms. The quantitative estimate of drug-likeness (QED) is 0.877. The van der Waals surface area contributed by atoms with Gasteiger partial charge in [-0.3, -0.25) is 4.79 Å². The third kappa shape index (κ3) is 3.84. The molecule has 0 spiro atoms. The zero-order chi connectivity index (χ0) is 14.4. The van der Waals surface area contributed by atoms with Gasteiger partial charge in [-0.25, -0.2) is 0 Å². The summed E-state index contributed by atoms with van der Waals surface area (Å²) >= 11 is 1.61. The molecule has 20 heavy (non-hydrogen) atoms. The maximum absolute atomic E-state index is 11.9. The molecule has 0 aliphatic carbocycles. The summed E-state index contributed by atoms with van der Waals surface area (Å²) < 4.78 is 0. The van der Waals surface area contributed by atoms with Crippen molar-refractivity contribution in [1.29, 1.82) is 0 Å². The maximum atomic E-state index is 11.9. The summed E-state index contributed by atoms with van der Waals surface area (Å²) in [5, 5.41) is 4.92. The van der Waals surface area contributed by atoms with Crippen molar-refractivity contribution in [3.8, 4) is 0 Å². The zero-order valence-corrected chi connectivity index (χ0v) is 12.7. The molecule has 0 radical (unpaired) electrons. The van der Waals surface area contributed by atoms with Gasteiger partial charge in [0, 0.05) is 29.3 Å². The van der Waals surface area contributed by atoms with Gasteiger partial charge in [0.2, 0.25) is 5.91 Å². The van der Waals surface area contributed by atoms with Crippen LogP contribution in [0.5, 0.6) is 0 Å². The Morgan fingerprint density at radius 2 is 1.85 bits per heavy atom. The second kappa shape index (κ2) is 7.10. The monoisotopic (exact) mass is 288 g/mol. The van der Waals surface area contributed by atoms with Crippen molar-refractivity contribution in [2.24, 2.45) is 0 Å². The molecular weight excluding hydrogens is 268 g/mol. The minimum absolute atomic E-state index is 0.0306. The van der Waals surface area contributed by atoms with Crippen molar-refractivity contribution in [2.45, 2.75) is 20.3 Å². The molecule has 0 saturated heterocycles. The standard InChI is InChI=1S/C16H20N2OS/c1-3-18(4-2)14-9-7-13(8-10-14)17-16(19)12-15-6-5-11-20-15/h5-11H,3-4,12H2,1-2H3,(H,17,19). The third-order valence-electron chi connectivity index (χ3n) is 3.19. The van der Waals surface area contributed by atoms with E-state index in [0.29, 0.717) is 6.42 Å². The Hall–Kier alpha value is -1.81. The van der Waals surface area contributed by atoms with E-state index in [2.05, 4.69) is 24.1 Å². The lowest BCUT2D eigenvalue weighted by molar-refractivity contribution is -0.115. The number of carbonyl (C=O) groups is 1. The molecule has 0 fully saturated rings. The number of carbonyl (C=O) groups excluding carboxylic acids is 1. The van der Waals surface area contributed by atoms with E-state index in [-0.39, 0.29) is 5.91 Å². The first-order valence-corrected chi connectivity index (χ1v) is 7.78. The number of nitrogens with one attached hydrogen (secondary N) is 1. The van der Waals surface area contributed by atoms with Crippen molar-refractivity contribution in [2.75, 3.05) is 23.3 Å². The van der Waals surface area contributed by atoms with E-state index in [1.165, 1.54) is 5.69 Å². The predicted molar refractivity (Wildman–Crippen MR) is 86.7 cm³/mol. The first-order chi connectivity index (χ1) is 9.72. The van der Waals surface area contributed by atoms with Crippen LogP contribution in [-0.4, -0.2) is 19.0 Å². The molecule has 106 valence electrons. The van der Waals surface area contributed by atoms with Crippen molar-refractivity contribution in [3.05, 3.63) is 46.7 Å². The topological polar surface area (TPSA) is 32.3 Å². The van der Waals surface area contributed by atoms with Crippen LogP contribution in [0.3, 0.4) is 0 Å². The molecule has 2 aromatic rings. The summed E-state index contributed by atoms with van der Waals surface area (Å²) in [6.45, 7) is 6.25. The average molecular weight is 288 g/mol. The van der Waals surface area contributed by atoms with E-state index >= 15 is 0 Å². The molecule has 0 unspecified atom stereocenters. The van der Waals surface area contributed by atoms with Crippen LogP contribution in [0.25, 0.3) is 0 Å². The number of hydrogen-bond donors (Lipinski definition) is 1. The number of anilines is 2. The Bertz CT molecular complexity index is 530. The van der Waals surface area contributed by atoms with Crippen LogP contribution in [0.4, 0.5) is 11.4 Å². The highest BCUT2D eigenvalue weighted by molar-refractivity contribution is 7.10. The maximum Gasteiger partial charge on any atom is 0.229 e. The van der Waals surface area contributed by atoms with Gasteiger partial charge in [-0.15, -0.1) is 11.3 Å². The number of thiophene rings is 1. The van der Waals surface area contributed by atoms with E-state index < -0.39 is 0 Å². The van der Waals surface area contributed by atoms with Gasteiger partial charge in [-0.05, 0) is 49.6 Å². The lowest BCUT2D eigenvalue weighted by Crippen LogP contribution is -2.21. The highest BCUT2D eigenvalue weighted by Gasteiger charge is 2.06. The van der Waals surface area contributed by atoms with Gasteiger partial charge in [0.15, 0.2) is 0 Å². The summed E-state index contributed by atoms with van der Waals surface area (Å²) in [5.74, 6) is 0.0306. The summed E-state index contributed by atoms with van der Waals surface area (Å²) in [5.41, 5.74) is 2.04. The second-order valence-corrected chi connectivity index (χ2v) is 5.56. The minimum Gasteiger partial charge on any atom is -0.372 e. The molecule has 1 heterocycles. The fraction of sp³-hybridized carbons (Fsp3) is 0.312. The molecule has 1 amide bonds. The van der Waals surface area contributed by atoms with Crippen LogP contribution in [0.15, 0.2) is 41.8 Å². The van der Waals surface area contributed by atoms with Crippen LogP contribution in [0.2, 0.25) is 0 Å². The Morgan fingerprint density at radius 1 is 1.15 bits per heavy atom. The Kier molecular flexibility index (Phi) is 5.18. The van der Waals surface area contributed by atoms with Gasteiger partial charge < -0.3 is 10.2 Å². The van der Waals surface area contributed by atoms with E-state index in [4.69, 9.17) is 0 Å². The summed E-state index contributed by atoms with van der Waals surface area (Å²) in [4.78, 5) is 15.3. The molecule has 1 aromatic heterocycles. The summed E-state index contributed by atoms with van der Waals surface area (Å²) in [7, 11) is 0. The lowest BCUT2D eigenvalue weighted by atomic mass is 10.2. The lowest BCUT2D eigenvalue weighted by Gasteiger charge is -2.21. The van der Waals surface area contributed by atoms with Gasteiger partial charge in [-0.2, -0.15) is 0 Å². The van der Waals surface area contributed by atoms with Crippen LogP contribution < -0.4 is 10.2 Å². The van der Waals surface area contributed by atoms with Gasteiger partial charge >= 0.3 is 0 Å². The first-order valence-electron chi connectivity index (χ1n) is 6.90. The second-order valence-electron chi connectivity index (χ2n) is 4.52. The minimum atomic E-state index is 0.0306.